The van der Waals surface area contributed by atoms with Crippen molar-refractivity contribution in [3.63, 3.8) is 0 Å². The first-order valence-electron chi connectivity index (χ1n) is 10.1. The molecule has 1 aliphatic heterocycles. The highest BCUT2D eigenvalue weighted by Crippen LogP contribution is 2.44. The topological polar surface area (TPSA) is 43.4 Å². The fourth-order valence-electron chi connectivity index (χ4n) is 4.72. The Bertz CT molecular complexity index is 782. The van der Waals surface area contributed by atoms with E-state index in [1.807, 2.05) is 6.20 Å². The highest BCUT2D eigenvalue weighted by Gasteiger charge is 2.34. The van der Waals surface area contributed by atoms with Crippen LogP contribution in [0.2, 0.25) is 0 Å². The second-order valence-electron chi connectivity index (χ2n) is 7.97. The molecule has 0 bridgehead atoms. The van der Waals surface area contributed by atoms with Gasteiger partial charge in [0.15, 0.2) is 11.5 Å². The molecule has 1 aliphatic carbocycles. The minimum absolute atomic E-state index is 0.239. The Hall–Kier alpha value is -2.07. The van der Waals surface area contributed by atoms with E-state index in [9.17, 15) is 0 Å². The van der Waals surface area contributed by atoms with Crippen LogP contribution in [0.15, 0.2) is 30.5 Å². The number of ether oxygens (including phenoxy) is 2. The van der Waals surface area contributed by atoms with Crippen molar-refractivity contribution in [2.75, 3.05) is 14.2 Å². The maximum absolute atomic E-state index is 5.60. The van der Waals surface area contributed by atoms with Crippen molar-refractivity contribution in [3.05, 3.63) is 52.8 Å². The monoisotopic (exact) mass is 366 g/mol. The summed E-state index contributed by atoms with van der Waals surface area (Å²) >= 11 is 0. The summed E-state index contributed by atoms with van der Waals surface area (Å²) in [7, 11) is 3.43. The maximum atomic E-state index is 5.60. The Balaban J connectivity index is 1.73. The van der Waals surface area contributed by atoms with Gasteiger partial charge in [0.05, 0.1) is 26.0 Å². The number of rotatable bonds is 4. The van der Waals surface area contributed by atoms with Crippen LogP contribution in [0.5, 0.6) is 11.5 Å². The molecule has 1 N–H and O–H groups in total. The number of pyridine rings is 1. The van der Waals surface area contributed by atoms with Crippen LogP contribution in [0.3, 0.4) is 0 Å². The van der Waals surface area contributed by atoms with Crippen molar-refractivity contribution < 1.29 is 9.47 Å². The zero-order chi connectivity index (χ0) is 18.8. The minimum atomic E-state index is 0.239. The van der Waals surface area contributed by atoms with E-state index in [0.29, 0.717) is 12.0 Å². The van der Waals surface area contributed by atoms with Gasteiger partial charge in [0.25, 0.3) is 0 Å². The summed E-state index contributed by atoms with van der Waals surface area (Å²) in [4.78, 5) is 4.71. The molecule has 0 spiro atoms. The number of nitrogens with zero attached hydrogens (tertiary/aromatic N) is 1. The lowest BCUT2D eigenvalue weighted by atomic mass is 9.76. The SMILES string of the molecule is COc1cc2c(cc1OC)[C@@H](C1CCCCC1)N[C@@H](c1ccc(C)cn1)C2. The number of nitrogens with one attached hydrogen (secondary N) is 1. The molecule has 144 valence electrons. The Morgan fingerprint density at radius 1 is 1.00 bits per heavy atom. The molecule has 2 aromatic rings. The van der Waals surface area contributed by atoms with Crippen molar-refractivity contribution in [2.45, 2.75) is 57.5 Å². The average molecular weight is 367 g/mol. The third kappa shape index (κ3) is 3.68. The van der Waals surface area contributed by atoms with Gasteiger partial charge in [0.1, 0.15) is 0 Å². The third-order valence-electron chi connectivity index (χ3n) is 6.20. The highest BCUT2D eigenvalue weighted by atomic mass is 16.5. The number of fused-ring (bicyclic) bond motifs is 1. The standard InChI is InChI=1S/C23H30N2O2/c1-15-9-10-19(24-14-15)20-11-17-12-21(26-2)22(27-3)13-18(17)23(25-20)16-7-5-4-6-8-16/h9-10,12-14,16,20,23,25H,4-8,11H2,1-3H3/t20-,23-/m1/s1. The van der Waals surface area contributed by atoms with Gasteiger partial charge in [0.2, 0.25) is 0 Å². The molecular formula is C23H30N2O2. The second-order valence-corrected chi connectivity index (χ2v) is 7.97. The molecule has 0 saturated heterocycles. The van der Waals surface area contributed by atoms with E-state index in [1.54, 1.807) is 14.2 Å². The molecular weight excluding hydrogens is 336 g/mol. The molecule has 4 rings (SSSR count). The van der Waals surface area contributed by atoms with Gasteiger partial charge in [-0.3, -0.25) is 4.98 Å². The van der Waals surface area contributed by atoms with Crippen LogP contribution >= 0.6 is 0 Å². The summed E-state index contributed by atoms with van der Waals surface area (Å²) in [5.74, 6) is 2.31. The summed E-state index contributed by atoms with van der Waals surface area (Å²) in [6.07, 6.45) is 9.51. The zero-order valence-electron chi connectivity index (χ0n) is 16.6. The van der Waals surface area contributed by atoms with Gasteiger partial charge in [-0.25, -0.2) is 0 Å². The van der Waals surface area contributed by atoms with Crippen LogP contribution in [0.1, 0.15) is 66.6 Å². The molecule has 1 aromatic carbocycles. The first kappa shape index (κ1) is 18.3. The summed E-state index contributed by atoms with van der Waals surface area (Å²) in [5.41, 5.74) is 5.06. The maximum Gasteiger partial charge on any atom is 0.161 e. The van der Waals surface area contributed by atoms with E-state index in [0.717, 1.165) is 23.6 Å². The summed E-state index contributed by atoms with van der Waals surface area (Å²) in [5, 5.41) is 3.95. The molecule has 1 aromatic heterocycles. The Morgan fingerprint density at radius 3 is 2.41 bits per heavy atom. The highest BCUT2D eigenvalue weighted by molar-refractivity contribution is 5.50. The molecule has 2 aliphatic rings. The van der Waals surface area contributed by atoms with Crippen molar-refractivity contribution in [1.82, 2.24) is 10.3 Å². The molecule has 0 unspecified atom stereocenters. The summed E-state index contributed by atoms with van der Waals surface area (Å²) in [6.45, 7) is 2.09. The van der Waals surface area contributed by atoms with E-state index < -0.39 is 0 Å². The molecule has 2 atom stereocenters. The summed E-state index contributed by atoms with van der Waals surface area (Å²) in [6, 6.07) is 9.27. The van der Waals surface area contributed by atoms with E-state index in [1.165, 1.54) is 48.8 Å². The minimum Gasteiger partial charge on any atom is -0.493 e. The fraction of sp³-hybridized carbons (Fsp3) is 0.522. The first-order chi connectivity index (χ1) is 13.2. The third-order valence-corrected chi connectivity index (χ3v) is 6.20. The van der Waals surface area contributed by atoms with Crippen molar-refractivity contribution in [1.29, 1.82) is 0 Å². The second kappa shape index (κ2) is 7.89. The van der Waals surface area contributed by atoms with Crippen LogP contribution in [0, 0.1) is 12.8 Å². The van der Waals surface area contributed by atoms with Crippen molar-refractivity contribution >= 4 is 0 Å². The van der Waals surface area contributed by atoms with Crippen LogP contribution in [-0.2, 0) is 6.42 Å². The number of methoxy groups -OCH3 is 2. The van der Waals surface area contributed by atoms with Crippen molar-refractivity contribution in [2.24, 2.45) is 5.92 Å². The molecule has 27 heavy (non-hydrogen) atoms. The zero-order valence-corrected chi connectivity index (χ0v) is 16.6. The summed E-state index contributed by atoms with van der Waals surface area (Å²) < 4.78 is 11.2. The van der Waals surface area contributed by atoms with Crippen LogP contribution in [-0.4, -0.2) is 19.2 Å². The van der Waals surface area contributed by atoms with Crippen molar-refractivity contribution in [3.8, 4) is 11.5 Å². The number of hydrogen-bond acceptors (Lipinski definition) is 4. The van der Waals surface area contributed by atoms with E-state index in [2.05, 4.69) is 36.5 Å². The molecule has 1 fully saturated rings. The Kier molecular flexibility index (Phi) is 5.35. The molecule has 4 heteroatoms. The van der Waals surface area contributed by atoms with E-state index >= 15 is 0 Å². The molecule has 0 radical (unpaired) electrons. The van der Waals surface area contributed by atoms with Crippen LogP contribution in [0.4, 0.5) is 0 Å². The number of benzene rings is 1. The van der Waals surface area contributed by atoms with Gasteiger partial charge in [-0.2, -0.15) is 0 Å². The van der Waals surface area contributed by atoms with Gasteiger partial charge < -0.3 is 14.8 Å². The molecule has 0 amide bonds. The quantitative estimate of drug-likeness (QED) is 0.834. The predicted octanol–water partition coefficient (Wildman–Crippen LogP) is 4.92. The van der Waals surface area contributed by atoms with Gasteiger partial charge in [0, 0.05) is 12.2 Å². The van der Waals surface area contributed by atoms with E-state index in [-0.39, 0.29) is 6.04 Å². The largest absolute Gasteiger partial charge is 0.493 e. The molecule has 2 heterocycles. The fourth-order valence-corrected chi connectivity index (χ4v) is 4.72. The van der Waals surface area contributed by atoms with E-state index in [4.69, 9.17) is 14.5 Å². The van der Waals surface area contributed by atoms with Gasteiger partial charge in [-0.15, -0.1) is 0 Å². The number of aromatic nitrogens is 1. The molecule has 4 nitrogen and oxygen atoms in total. The smallest absolute Gasteiger partial charge is 0.161 e. The van der Waals surface area contributed by atoms with Gasteiger partial charge in [-0.05, 0) is 67.0 Å². The van der Waals surface area contributed by atoms with Gasteiger partial charge >= 0.3 is 0 Å². The van der Waals surface area contributed by atoms with Gasteiger partial charge in [-0.1, -0.05) is 25.3 Å². The van der Waals surface area contributed by atoms with Crippen LogP contribution < -0.4 is 14.8 Å². The Labute approximate surface area is 162 Å². The number of hydrogen-bond donors (Lipinski definition) is 1. The lowest BCUT2D eigenvalue weighted by Gasteiger charge is -2.39. The number of aryl methyl sites for hydroxylation is 1. The first-order valence-corrected chi connectivity index (χ1v) is 10.1. The normalized spacial score (nSPS) is 22.9. The molecule has 1 saturated carbocycles. The lowest BCUT2D eigenvalue weighted by Crippen LogP contribution is -2.38. The predicted molar refractivity (Wildman–Crippen MR) is 107 cm³/mol. The average Bonchev–Trinajstić information content (AvgIpc) is 2.73. The van der Waals surface area contributed by atoms with Crippen LogP contribution in [0.25, 0.3) is 0 Å². The lowest BCUT2D eigenvalue weighted by molar-refractivity contribution is 0.239. The Morgan fingerprint density at radius 2 is 1.74 bits per heavy atom.